The zero-order valence-corrected chi connectivity index (χ0v) is 10.6. The number of phenolic OH excluding ortho intramolecular Hbond substituents is 1. The van der Waals surface area contributed by atoms with Crippen LogP contribution in [0, 0.1) is 18.6 Å². The minimum atomic E-state index is -0.956. The number of anilines is 2. The van der Waals surface area contributed by atoms with Crippen LogP contribution in [0.2, 0.25) is 0 Å². The summed E-state index contributed by atoms with van der Waals surface area (Å²) in [7, 11) is 0. The third kappa shape index (κ3) is 2.54. The molecule has 4 N–H and O–H groups in total. The Morgan fingerprint density at radius 3 is 2.60 bits per heavy atom. The monoisotopic (exact) mass is 278 g/mol. The number of aromatic hydroxyl groups is 1. The predicted molar refractivity (Wildman–Crippen MR) is 71.6 cm³/mol. The molecule has 0 atom stereocenters. The van der Waals surface area contributed by atoms with E-state index in [4.69, 9.17) is 5.73 Å². The molecule has 0 aliphatic rings. The van der Waals surface area contributed by atoms with Crippen molar-refractivity contribution in [1.82, 2.24) is 0 Å². The van der Waals surface area contributed by atoms with Gasteiger partial charge in [0.05, 0.1) is 11.4 Å². The van der Waals surface area contributed by atoms with Gasteiger partial charge in [-0.1, -0.05) is 6.07 Å². The number of rotatable bonds is 2. The first-order valence-corrected chi connectivity index (χ1v) is 5.74. The minimum Gasteiger partial charge on any atom is -0.508 e. The normalized spacial score (nSPS) is 10.3. The lowest BCUT2D eigenvalue weighted by atomic mass is 10.1. The van der Waals surface area contributed by atoms with Crippen LogP contribution >= 0.6 is 0 Å². The van der Waals surface area contributed by atoms with E-state index in [2.05, 4.69) is 5.32 Å². The van der Waals surface area contributed by atoms with Crippen molar-refractivity contribution >= 4 is 17.3 Å². The van der Waals surface area contributed by atoms with Gasteiger partial charge in [-0.25, -0.2) is 8.78 Å². The van der Waals surface area contributed by atoms with Gasteiger partial charge in [0, 0.05) is 6.07 Å². The molecule has 2 aromatic carbocycles. The highest BCUT2D eigenvalue weighted by Gasteiger charge is 2.19. The summed E-state index contributed by atoms with van der Waals surface area (Å²) in [6.45, 7) is 1.43. The number of aryl methyl sites for hydroxylation is 1. The van der Waals surface area contributed by atoms with Crippen LogP contribution in [-0.2, 0) is 0 Å². The van der Waals surface area contributed by atoms with Gasteiger partial charge in [0.1, 0.15) is 22.9 Å². The zero-order valence-electron chi connectivity index (χ0n) is 10.6. The van der Waals surface area contributed by atoms with E-state index in [0.29, 0.717) is 0 Å². The lowest BCUT2D eigenvalue weighted by Gasteiger charge is -2.10. The number of hydrogen-bond acceptors (Lipinski definition) is 3. The molecule has 0 aromatic heterocycles. The van der Waals surface area contributed by atoms with Gasteiger partial charge in [0.25, 0.3) is 5.91 Å². The Balaban J connectivity index is 2.36. The molecule has 20 heavy (non-hydrogen) atoms. The molecular formula is C14H12F2N2O2. The van der Waals surface area contributed by atoms with Crippen molar-refractivity contribution in [2.45, 2.75) is 6.92 Å². The molecular weight excluding hydrogens is 266 g/mol. The highest BCUT2D eigenvalue weighted by Crippen LogP contribution is 2.25. The molecule has 6 heteroatoms. The van der Waals surface area contributed by atoms with E-state index in [1.165, 1.54) is 31.2 Å². The third-order valence-electron chi connectivity index (χ3n) is 2.79. The van der Waals surface area contributed by atoms with Crippen molar-refractivity contribution in [1.29, 1.82) is 0 Å². The topological polar surface area (TPSA) is 75.3 Å². The number of carbonyl (C=O) groups excluding carboxylic acids is 1. The fourth-order valence-corrected chi connectivity index (χ4v) is 1.71. The largest absolute Gasteiger partial charge is 0.508 e. The van der Waals surface area contributed by atoms with Gasteiger partial charge in [-0.15, -0.1) is 0 Å². The summed E-state index contributed by atoms with van der Waals surface area (Å²) in [5.41, 5.74) is 5.33. The first-order chi connectivity index (χ1) is 9.40. The van der Waals surface area contributed by atoms with Crippen LogP contribution in [-0.4, -0.2) is 11.0 Å². The van der Waals surface area contributed by atoms with Gasteiger partial charge in [-0.05, 0) is 30.7 Å². The van der Waals surface area contributed by atoms with Crippen molar-refractivity contribution in [3.05, 3.63) is 53.1 Å². The Hall–Kier alpha value is -2.63. The maximum absolute atomic E-state index is 13.8. The molecule has 4 nitrogen and oxygen atoms in total. The van der Waals surface area contributed by atoms with Crippen LogP contribution in [0.15, 0.2) is 30.3 Å². The quantitative estimate of drug-likeness (QED) is 0.584. The highest BCUT2D eigenvalue weighted by molar-refractivity contribution is 6.06. The lowest BCUT2D eigenvalue weighted by molar-refractivity contribution is 0.101. The van der Waals surface area contributed by atoms with Crippen LogP contribution in [0.4, 0.5) is 20.2 Å². The summed E-state index contributed by atoms with van der Waals surface area (Å²) in [6.07, 6.45) is 0. The zero-order chi connectivity index (χ0) is 14.9. The van der Waals surface area contributed by atoms with Crippen molar-refractivity contribution in [3.8, 4) is 5.75 Å². The summed E-state index contributed by atoms with van der Waals surface area (Å²) >= 11 is 0. The van der Waals surface area contributed by atoms with Crippen LogP contribution in [0.3, 0.4) is 0 Å². The summed E-state index contributed by atoms with van der Waals surface area (Å²) in [5, 5.41) is 11.5. The molecule has 0 radical (unpaired) electrons. The summed E-state index contributed by atoms with van der Waals surface area (Å²) < 4.78 is 27.4. The Bertz CT molecular complexity index is 687. The van der Waals surface area contributed by atoms with Crippen LogP contribution < -0.4 is 11.1 Å². The Labute approximate surface area is 113 Å². The van der Waals surface area contributed by atoms with Gasteiger partial charge in [-0.2, -0.15) is 0 Å². The van der Waals surface area contributed by atoms with Gasteiger partial charge >= 0.3 is 0 Å². The Kier molecular flexibility index (Phi) is 3.56. The SMILES string of the molecule is Cc1ccc(F)c(C(=O)Nc2ccc(O)cc2N)c1F. The minimum absolute atomic E-state index is 0.0755. The molecule has 104 valence electrons. The molecule has 0 bridgehead atoms. The van der Waals surface area contributed by atoms with Crippen molar-refractivity contribution in [2.75, 3.05) is 11.1 Å². The number of halogens is 2. The van der Waals surface area contributed by atoms with E-state index in [-0.39, 0.29) is 22.7 Å². The Morgan fingerprint density at radius 2 is 1.95 bits per heavy atom. The summed E-state index contributed by atoms with van der Waals surface area (Å²) in [5.74, 6) is -2.89. The van der Waals surface area contributed by atoms with E-state index in [0.717, 1.165) is 6.07 Å². The standard InChI is InChI=1S/C14H12F2N2O2/c1-7-2-4-9(15)12(13(7)16)14(20)18-11-5-3-8(19)6-10(11)17/h2-6,19H,17H2,1H3,(H,18,20). The number of nitrogens with one attached hydrogen (secondary N) is 1. The predicted octanol–water partition coefficient (Wildman–Crippen LogP) is 2.81. The fourth-order valence-electron chi connectivity index (χ4n) is 1.71. The maximum atomic E-state index is 13.8. The Morgan fingerprint density at radius 1 is 1.25 bits per heavy atom. The second-order valence-corrected chi connectivity index (χ2v) is 4.28. The van der Waals surface area contributed by atoms with E-state index in [1.807, 2.05) is 0 Å². The average molecular weight is 278 g/mol. The number of amides is 1. The number of hydrogen-bond donors (Lipinski definition) is 3. The molecule has 0 fully saturated rings. The van der Waals surface area contributed by atoms with Gasteiger partial charge in [0.15, 0.2) is 0 Å². The number of nitrogens with two attached hydrogens (primary N) is 1. The van der Waals surface area contributed by atoms with E-state index in [9.17, 15) is 18.7 Å². The number of nitrogen functional groups attached to an aromatic ring is 1. The average Bonchev–Trinajstić information content (AvgIpc) is 2.38. The van der Waals surface area contributed by atoms with Crippen molar-refractivity contribution in [2.24, 2.45) is 0 Å². The molecule has 2 aromatic rings. The molecule has 1 amide bonds. The number of carbonyl (C=O) groups is 1. The molecule has 0 aliphatic heterocycles. The van der Waals surface area contributed by atoms with E-state index >= 15 is 0 Å². The fraction of sp³-hybridized carbons (Fsp3) is 0.0714. The molecule has 0 saturated carbocycles. The number of phenols is 1. The van der Waals surface area contributed by atoms with Gasteiger partial charge in [-0.3, -0.25) is 4.79 Å². The van der Waals surface area contributed by atoms with Gasteiger partial charge < -0.3 is 16.2 Å². The first kappa shape index (κ1) is 13.8. The molecule has 0 unspecified atom stereocenters. The second kappa shape index (κ2) is 5.16. The van der Waals surface area contributed by atoms with Crippen molar-refractivity contribution in [3.63, 3.8) is 0 Å². The van der Waals surface area contributed by atoms with E-state index < -0.39 is 23.1 Å². The molecule has 0 saturated heterocycles. The van der Waals surface area contributed by atoms with Crippen molar-refractivity contribution < 1.29 is 18.7 Å². The number of benzene rings is 2. The summed E-state index contributed by atoms with van der Waals surface area (Å²) in [4.78, 5) is 11.9. The summed E-state index contributed by atoms with van der Waals surface area (Å²) in [6, 6.07) is 6.13. The second-order valence-electron chi connectivity index (χ2n) is 4.28. The molecule has 0 heterocycles. The highest BCUT2D eigenvalue weighted by atomic mass is 19.1. The van der Waals surface area contributed by atoms with E-state index in [1.54, 1.807) is 0 Å². The molecule has 0 aliphatic carbocycles. The van der Waals surface area contributed by atoms with Crippen LogP contribution in [0.1, 0.15) is 15.9 Å². The third-order valence-corrected chi connectivity index (χ3v) is 2.79. The van der Waals surface area contributed by atoms with Gasteiger partial charge in [0.2, 0.25) is 0 Å². The van der Waals surface area contributed by atoms with Crippen LogP contribution in [0.25, 0.3) is 0 Å². The first-order valence-electron chi connectivity index (χ1n) is 5.74. The van der Waals surface area contributed by atoms with Crippen LogP contribution in [0.5, 0.6) is 5.75 Å². The smallest absolute Gasteiger partial charge is 0.261 e. The molecule has 2 rings (SSSR count). The lowest BCUT2D eigenvalue weighted by Crippen LogP contribution is -2.17. The molecule has 0 spiro atoms. The maximum Gasteiger partial charge on any atom is 0.261 e.